The Kier molecular flexibility index (Phi) is 7.71. The molecule has 0 amide bonds. The van der Waals surface area contributed by atoms with Crippen molar-refractivity contribution in [2.45, 2.75) is 38.9 Å². The highest BCUT2D eigenvalue weighted by molar-refractivity contribution is 7.85. The molecule has 1 aromatic carbocycles. The van der Waals surface area contributed by atoms with Crippen LogP contribution in [-0.2, 0) is 37.0 Å². The summed E-state index contributed by atoms with van der Waals surface area (Å²) in [7, 11) is -4.45. The van der Waals surface area contributed by atoms with Gasteiger partial charge in [-0.1, -0.05) is 43.9 Å². The van der Waals surface area contributed by atoms with Crippen LogP contribution in [0, 0.1) is 0 Å². The Bertz CT molecular complexity index is 534. The van der Waals surface area contributed by atoms with Gasteiger partial charge in [0.05, 0.1) is 19.5 Å². The van der Waals surface area contributed by atoms with Crippen LogP contribution in [0.5, 0.6) is 0 Å². The Labute approximate surface area is 134 Å². The molecule has 0 N–H and O–H groups in total. The molecule has 1 aromatic rings. The summed E-state index contributed by atoms with van der Waals surface area (Å²) in [5.74, 6) is 0. The van der Waals surface area contributed by atoms with Crippen molar-refractivity contribution < 1.29 is 22.1 Å². The van der Waals surface area contributed by atoms with Crippen LogP contribution in [0.4, 0.5) is 0 Å². The fourth-order valence-corrected chi connectivity index (χ4v) is 2.67. The third-order valence-electron chi connectivity index (χ3n) is 2.89. The Morgan fingerprint density at radius 2 is 1.50 bits per heavy atom. The Morgan fingerprint density at radius 1 is 0.955 bits per heavy atom. The molecule has 22 heavy (non-hydrogen) atoms. The molecule has 0 unspecified atom stereocenters. The third-order valence-corrected chi connectivity index (χ3v) is 5.14. The summed E-state index contributed by atoms with van der Waals surface area (Å²) in [6, 6.07) is 8.57. The van der Waals surface area contributed by atoms with Crippen molar-refractivity contribution in [3.8, 4) is 0 Å². The Hall–Kier alpha value is -0.733. The van der Waals surface area contributed by atoms with Gasteiger partial charge >= 0.3 is 0 Å². The van der Waals surface area contributed by atoms with E-state index in [4.69, 9.17) is 13.7 Å². The van der Waals surface area contributed by atoms with E-state index in [1.165, 1.54) is 0 Å². The average molecular weight is 347 g/mol. The fraction of sp³-hybridized carbons (Fsp3) is 0.600. The lowest BCUT2D eigenvalue weighted by Crippen LogP contribution is -2.21. The van der Waals surface area contributed by atoms with E-state index in [-0.39, 0.29) is 6.61 Å². The maximum absolute atomic E-state index is 10.9. The van der Waals surface area contributed by atoms with Gasteiger partial charge in [0.2, 0.25) is 0 Å². The fourth-order valence-electron chi connectivity index (χ4n) is 1.56. The molecule has 0 spiro atoms. The molecule has 0 saturated carbocycles. The van der Waals surface area contributed by atoms with E-state index >= 15 is 0 Å². The molecule has 0 aliphatic rings. The standard InChI is InChI=1S/C15H26O5SSi/c1-21(16,17)20-12-15-7-5-14(6-8-15)11-19-13-18-9-10-22(2,3)4/h5-8H,9-13H2,1-4H3. The number of ether oxygens (including phenoxy) is 2. The summed E-state index contributed by atoms with van der Waals surface area (Å²) in [6.07, 6.45) is 1.04. The largest absolute Gasteiger partial charge is 0.356 e. The van der Waals surface area contributed by atoms with Crippen molar-refractivity contribution in [3.63, 3.8) is 0 Å². The van der Waals surface area contributed by atoms with Gasteiger partial charge in [-0.3, -0.25) is 4.18 Å². The second-order valence-electron chi connectivity index (χ2n) is 6.47. The van der Waals surface area contributed by atoms with Crippen molar-refractivity contribution in [3.05, 3.63) is 35.4 Å². The summed E-state index contributed by atoms with van der Waals surface area (Å²) in [5.41, 5.74) is 1.82. The van der Waals surface area contributed by atoms with E-state index in [2.05, 4.69) is 19.6 Å². The van der Waals surface area contributed by atoms with Crippen LogP contribution in [0.2, 0.25) is 25.7 Å². The van der Waals surface area contributed by atoms with Gasteiger partial charge in [0.15, 0.2) is 0 Å². The highest BCUT2D eigenvalue weighted by Gasteiger charge is 2.11. The lowest BCUT2D eigenvalue weighted by molar-refractivity contribution is -0.0573. The molecule has 0 radical (unpaired) electrons. The third kappa shape index (κ3) is 10.1. The molecule has 7 heteroatoms. The van der Waals surface area contributed by atoms with Crippen LogP contribution < -0.4 is 0 Å². The maximum atomic E-state index is 10.9. The first-order valence-corrected chi connectivity index (χ1v) is 12.8. The molecule has 0 aromatic heterocycles. The lowest BCUT2D eigenvalue weighted by Gasteiger charge is -2.15. The SMILES string of the molecule is C[Si](C)(C)CCOCOCc1ccc(COS(C)(=O)=O)cc1. The molecule has 126 valence electrons. The summed E-state index contributed by atoms with van der Waals surface area (Å²) in [6.45, 7) is 8.51. The molecule has 0 aliphatic heterocycles. The summed E-state index contributed by atoms with van der Waals surface area (Å²) < 4.78 is 37.5. The van der Waals surface area contributed by atoms with Crippen molar-refractivity contribution >= 4 is 18.2 Å². The highest BCUT2D eigenvalue weighted by atomic mass is 32.2. The first kappa shape index (κ1) is 19.3. The molecule has 0 bridgehead atoms. The van der Waals surface area contributed by atoms with E-state index in [1.54, 1.807) is 0 Å². The summed E-state index contributed by atoms with van der Waals surface area (Å²) >= 11 is 0. The predicted molar refractivity (Wildman–Crippen MR) is 89.8 cm³/mol. The molecule has 1 rings (SSSR count). The van der Waals surface area contributed by atoms with Gasteiger partial charge in [0, 0.05) is 14.7 Å². The normalized spacial score (nSPS) is 12.5. The van der Waals surface area contributed by atoms with Crippen LogP contribution in [0.1, 0.15) is 11.1 Å². The van der Waals surface area contributed by atoms with Gasteiger partial charge in [-0.25, -0.2) is 0 Å². The van der Waals surface area contributed by atoms with Crippen LogP contribution in [0.3, 0.4) is 0 Å². The highest BCUT2D eigenvalue weighted by Crippen LogP contribution is 2.09. The number of hydrogen-bond donors (Lipinski definition) is 0. The van der Waals surface area contributed by atoms with Gasteiger partial charge in [-0.15, -0.1) is 0 Å². The van der Waals surface area contributed by atoms with Gasteiger partial charge in [-0.05, 0) is 17.2 Å². The van der Waals surface area contributed by atoms with E-state index in [0.717, 1.165) is 30.0 Å². The molecule has 0 saturated heterocycles. The van der Waals surface area contributed by atoms with E-state index in [1.807, 2.05) is 24.3 Å². The smallest absolute Gasteiger partial charge is 0.264 e. The topological polar surface area (TPSA) is 61.8 Å². The van der Waals surface area contributed by atoms with Crippen molar-refractivity contribution in [1.29, 1.82) is 0 Å². The van der Waals surface area contributed by atoms with Crippen LogP contribution in [0.15, 0.2) is 24.3 Å². The molecule has 0 fully saturated rings. The van der Waals surface area contributed by atoms with Crippen LogP contribution in [-0.4, -0.2) is 36.1 Å². The van der Waals surface area contributed by atoms with Crippen molar-refractivity contribution in [2.24, 2.45) is 0 Å². The molecular formula is C15H26O5SSi. The Morgan fingerprint density at radius 3 is 2.00 bits per heavy atom. The average Bonchev–Trinajstić information content (AvgIpc) is 2.39. The van der Waals surface area contributed by atoms with E-state index in [0.29, 0.717) is 13.4 Å². The van der Waals surface area contributed by atoms with Crippen molar-refractivity contribution in [1.82, 2.24) is 0 Å². The first-order valence-electron chi connectivity index (χ1n) is 7.23. The van der Waals surface area contributed by atoms with Gasteiger partial charge in [0.1, 0.15) is 6.79 Å². The summed E-state index contributed by atoms with van der Waals surface area (Å²) in [5, 5.41) is 0. The minimum absolute atomic E-state index is 0.0553. The lowest BCUT2D eigenvalue weighted by atomic mass is 10.1. The minimum Gasteiger partial charge on any atom is -0.356 e. The number of rotatable bonds is 10. The predicted octanol–water partition coefficient (Wildman–Crippen LogP) is 2.99. The molecule has 0 heterocycles. The molecule has 0 aliphatic carbocycles. The first-order chi connectivity index (χ1) is 10.2. The molecule has 0 atom stereocenters. The molecule has 5 nitrogen and oxygen atoms in total. The maximum Gasteiger partial charge on any atom is 0.264 e. The monoisotopic (exact) mass is 346 g/mol. The van der Waals surface area contributed by atoms with Crippen LogP contribution >= 0.6 is 0 Å². The Balaban J connectivity index is 2.22. The number of benzene rings is 1. The van der Waals surface area contributed by atoms with Crippen molar-refractivity contribution in [2.75, 3.05) is 19.7 Å². The second-order valence-corrected chi connectivity index (χ2v) is 13.7. The molecular weight excluding hydrogens is 320 g/mol. The number of hydrogen-bond acceptors (Lipinski definition) is 5. The van der Waals surface area contributed by atoms with Gasteiger partial charge in [-0.2, -0.15) is 8.42 Å². The zero-order valence-corrected chi connectivity index (χ0v) is 15.6. The van der Waals surface area contributed by atoms with Crippen LogP contribution in [0.25, 0.3) is 0 Å². The zero-order valence-electron chi connectivity index (χ0n) is 13.8. The van der Waals surface area contributed by atoms with Gasteiger partial charge < -0.3 is 9.47 Å². The second kappa shape index (κ2) is 8.78. The quantitative estimate of drug-likeness (QED) is 0.282. The van der Waals surface area contributed by atoms with Gasteiger partial charge in [0.25, 0.3) is 10.1 Å². The van der Waals surface area contributed by atoms with E-state index in [9.17, 15) is 8.42 Å². The minimum atomic E-state index is -3.40. The summed E-state index contributed by atoms with van der Waals surface area (Å²) in [4.78, 5) is 0. The van der Waals surface area contributed by atoms with E-state index < -0.39 is 18.2 Å². The zero-order chi connectivity index (χ0) is 16.6.